The molecule has 3 nitrogen and oxygen atoms in total. The molecule has 2 rings (SSSR count). The van der Waals surface area contributed by atoms with Gasteiger partial charge in [0.2, 0.25) is 0 Å². The summed E-state index contributed by atoms with van der Waals surface area (Å²) in [5.74, 6) is 2.45. The van der Waals surface area contributed by atoms with Crippen molar-refractivity contribution in [3.63, 3.8) is 0 Å². The van der Waals surface area contributed by atoms with Crippen LogP contribution in [0.3, 0.4) is 0 Å². The van der Waals surface area contributed by atoms with Gasteiger partial charge in [0.05, 0.1) is 0 Å². The first-order chi connectivity index (χ1) is 7.25. The lowest BCUT2D eigenvalue weighted by molar-refractivity contribution is 0.104. The standard InChI is InChI=1S/C11H23N3S/c1-10(2)14-5-3-13(4-6-14)7-11-8-15-9-12-11/h10-12H,3-9H2,1-2H3. The number of nitrogens with one attached hydrogen (secondary N) is 1. The summed E-state index contributed by atoms with van der Waals surface area (Å²) in [6.07, 6.45) is 0. The quantitative estimate of drug-likeness (QED) is 0.766. The molecule has 0 bridgehead atoms. The molecule has 0 aliphatic carbocycles. The maximum atomic E-state index is 3.55. The van der Waals surface area contributed by atoms with Gasteiger partial charge in [-0.25, -0.2) is 0 Å². The average Bonchev–Trinajstić information content (AvgIpc) is 2.71. The van der Waals surface area contributed by atoms with Gasteiger partial charge in [0.25, 0.3) is 0 Å². The molecular weight excluding hydrogens is 206 g/mol. The Hall–Kier alpha value is 0.230. The van der Waals surface area contributed by atoms with Crippen LogP contribution in [0.4, 0.5) is 0 Å². The topological polar surface area (TPSA) is 18.5 Å². The fourth-order valence-corrected chi connectivity index (χ4v) is 3.31. The summed E-state index contributed by atoms with van der Waals surface area (Å²) in [5, 5.41) is 3.55. The highest BCUT2D eigenvalue weighted by molar-refractivity contribution is 7.99. The van der Waals surface area contributed by atoms with E-state index in [2.05, 4.69) is 29.0 Å². The summed E-state index contributed by atoms with van der Waals surface area (Å²) in [7, 11) is 0. The van der Waals surface area contributed by atoms with Crippen LogP contribution in [-0.2, 0) is 0 Å². The first-order valence-electron chi connectivity index (χ1n) is 6.03. The Morgan fingerprint density at radius 1 is 1.27 bits per heavy atom. The van der Waals surface area contributed by atoms with E-state index in [4.69, 9.17) is 0 Å². The van der Waals surface area contributed by atoms with Gasteiger partial charge in [-0.3, -0.25) is 9.80 Å². The minimum Gasteiger partial charge on any atom is -0.303 e. The zero-order valence-corrected chi connectivity index (χ0v) is 10.7. The minimum atomic E-state index is 0.715. The summed E-state index contributed by atoms with van der Waals surface area (Å²) in [6.45, 7) is 10.8. The molecule has 2 fully saturated rings. The van der Waals surface area contributed by atoms with E-state index >= 15 is 0 Å². The van der Waals surface area contributed by atoms with Gasteiger partial charge in [-0.15, -0.1) is 11.8 Å². The summed E-state index contributed by atoms with van der Waals surface area (Å²) in [4.78, 5) is 5.19. The summed E-state index contributed by atoms with van der Waals surface area (Å²) in [5.41, 5.74) is 0. The normalized spacial score (nSPS) is 30.2. The smallest absolute Gasteiger partial charge is 0.0421 e. The van der Waals surface area contributed by atoms with Crippen molar-refractivity contribution in [3.05, 3.63) is 0 Å². The monoisotopic (exact) mass is 229 g/mol. The number of piperazine rings is 1. The zero-order chi connectivity index (χ0) is 10.7. The molecule has 88 valence electrons. The lowest BCUT2D eigenvalue weighted by Crippen LogP contribution is -2.51. The van der Waals surface area contributed by atoms with Gasteiger partial charge in [0.1, 0.15) is 0 Å². The van der Waals surface area contributed by atoms with Crippen LogP contribution in [0.1, 0.15) is 13.8 Å². The van der Waals surface area contributed by atoms with Crippen molar-refractivity contribution in [1.82, 2.24) is 15.1 Å². The van der Waals surface area contributed by atoms with E-state index in [1.54, 1.807) is 0 Å². The Labute approximate surface area is 97.6 Å². The van der Waals surface area contributed by atoms with Crippen molar-refractivity contribution in [2.45, 2.75) is 25.9 Å². The van der Waals surface area contributed by atoms with E-state index in [9.17, 15) is 0 Å². The van der Waals surface area contributed by atoms with E-state index in [1.807, 2.05) is 11.8 Å². The third kappa shape index (κ3) is 3.34. The molecule has 2 saturated heterocycles. The maximum Gasteiger partial charge on any atom is 0.0421 e. The molecule has 0 aromatic carbocycles. The van der Waals surface area contributed by atoms with Crippen molar-refractivity contribution >= 4 is 11.8 Å². The molecule has 2 heterocycles. The molecule has 0 spiro atoms. The molecule has 1 N–H and O–H groups in total. The lowest BCUT2D eigenvalue weighted by atomic mass is 10.2. The van der Waals surface area contributed by atoms with Crippen molar-refractivity contribution in [2.24, 2.45) is 0 Å². The molecule has 0 aromatic heterocycles. The number of thioether (sulfide) groups is 1. The molecular formula is C11H23N3S. The third-order valence-corrected chi connectivity index (χ3v) is 4.42. The van der Waals surface area contributed by atoms with Crippen LogP contribution >= 0.6 is 11.8 Å². The van der Waals surface area contributed by atoms with Gasteiger partial charge in [0.15, 0.2) is 0 Å². The van der Waals surface area contributed by atoms with Gasteiger partial charge in [0, 0.05) is 56.4 Å². The molecule has 1 atom stereocenters. The third-order valence-electron chi connectivity index (χ3n) is 3.41. The molecule has 4 heteroatoms. The number of hydrogen-bond donors (Lipinski definition) is 1. The first kappa shape index (κ1) is 11.7. The highest BCUT2D eigenvalue weighted by Crippen LogP contribution is 2.12. The second kappa shape index (κ2) is 5.53. The number of nitrogens with zero attached hydrogens (tertiary/aromatic N) is 2. The first-order valence-corrected chi connectivity index (χ1v) is 7.18. The fraction of sp³-hybridized carbons (Fsp3) is 1.00. The van der Waals surface area contributed by atoms with Crippen molar-refractivity contribution < 1.29 is 0 Å². The van der Waals surface area contributed by atoms with Crippen LogP contribution in [0.15, 0.2) is 0 Å². The Morgan fingerprint density at radius 3 is 2.53 bits per heavy atom. The van der Waals surface area contributed by atoms with Crippen LogP contribution in [0.25, 0.3) is 0 Å². The van der Waals surface area contributed by atoms with Crippen molar-refractivity contribution in [3.8, 4) is 0 Å². The number of hydrogen-bond acceptors (Lipinski definition) is 4. The molecule has 0 amide bonds. The van der Waals surface area contributed by atoms with E-state index < -0.39 is 0 Å². The van der Waals surface area contributed by atoms with Gasteiger partial charge < -0.3 is 5.32 Å². The van der Waals surface area contributed by atoms with Gasteiger partial charge in [-0.1, -0.05) is 0 Å². The summed E-state index contributed by atoms with van der Waals surface area (Å²) in [6, 6.07) is 1.45. The largest absolute Gasteiger partial charge is 0.303 e. The molecule has 15 heavy (non-hydrogen) atoms. The lowest BCUT2D eigenvalue weighted by Gasteiger charge is -2.37. The van der Waals surface area contributed by atoms with E-state index in [1.165, 1.54) is 38.5 Å². The minimum absolute atomic E-state index is 0.715. The van der Waals surface area contributed by atoms with Crippen LogP contribution in [0.2, 0.25) is 0 Å². The van der Waals surface area contributed by atoms with Gasteiger partial charge in [-0.2, -0.15) is 0 Å². The second-order valence-electron chi connectivity index (χ2n) is 4.85. The Balaban J connectivity index is 1.68. The predicted molar refractivity (Wildman–Crippen MR) is 67.4 cm³/mol. The number of rotatable bonds is 3. The van der Waals surface area contributed by atoms with E-state index in [0.29, 0.717) is 6.04 Å². The molecule has 0 aromatic rings. The van der Waals surface area contributed by atoms with Gasteiger partial charge in [-0.05, 0) is 13.8 Å². The van der Waals surface area contributed by atoms with Crippen LogP contribution in [0.5, 0.6) is 0 Å². The van der Waals surface area contributed by atoms with Crippen molar-refractivity contribution in [2.75, 3.05) is 44.4 Å². The average molecular weight is 229 g/mol. The van der Waals surface area contributed by atoms with E-state index in [0.717, 1.165) is 11.9 Å². The molecule has 2 aliphatic heterocycles. The van der Waals surface area contributed by atoms with E-state index in [-0.39, 0.29) is 0 Å². The Morgan fingerprint density at radius 2 is 2.00 bits per heavy atom. The van der Waals surface area contributed by atoms with Crippen LogP contribution in [-0.4, -0.2) is 66.2 Å². The van der Waals surface area contributed by atoms with Crippen LogP contribution < -0.4 is 5.32 Å². The molecule has 0 saturated carbocycles. The molecule has 0 radical (unpaired) electrons. The molecule has 1 unspecified atom stereocenters. The van der Waals surface area contributed by atoms with Crippen molar-refractivity contribution in [1.29, 1.82) is 0 Å². The SMILES string of the molecule is CC(C)N1CCN(CC2CSCN2)CC1. The molecule has 2 aliphatic rings. The highest BCUT2D eigenvalue weighted by Gasteiger charge is 2.22. The Kier molecular flexibility index (Phi) is 4.31. The predicted octanol–water partition coefficient (Wildman–Crippen LogP) is 0.675. The Bertz CT molecular complexity index is 184. The zero-order valence-electron chi connectivity index (χ0n) is 9.91. The fourth-order valence-electron chi connectivity index (χ4n) is 2.33. The highest BCUT2D eigenvalue weighted by atomic mass is 32.2. The summed E-state index contributed by atoms with van der Waals surface area (Å²) >= 11 is 2.03. The maximum absolute atomic E-state index is 3.55. The summed E-state index contributed by atoms with van der Waals surface area (Å²) < 4.78 is 0. The van der Waals surface area contributed by atoms with Crippen LogP contribution in [0, 0.1) is 0 Å². The second-order valence-corrected chi connectivity index (χ2v) is 5.88. The van der Waals surface area contributed by atoms with Gasteiger partial charge >= 0.3 is 0 Å².